The number of hydrogen-bond acceptors (Lipinski definition) is 1. The number of aryl methyl sites for hydroxylation is 1. The molecule has 1 fully saturated rings. The molecule has 1 aliphatic carbocycles. The van der Waals surface area contributed by atoms with Gasteiger partial charge in [0.25, 0.3) is 0 Å². The Kier molecular flexibility index (Phi) is 5.91. The standard InChI is InChI=1S/C18H29N/c1-3-12-19-18(13-16-9-5-6-10-16)14-17-11-7-4-8-15(17)2/h4,7-8,11,16,18-19H,3,5-6,9-10,12-14H2,1-2H3. The summed E-state index contributed by atoms with van der Waals surface area (Å²) in [7, 11) is 0. The van der Waals surface area contributed by atoms with Crippen molar-refractivity contribution < 1.29 is 0 Å². The average Bonchev–Trinajstić information content (AvgIpc) is 2.91. The first kappa shape index (κ1) is 14.6. The van der Waals surface area contributed by atoms with Gasteiger partial charge in [0.15, 0.2) is 0 Å². The number of nitrogens with one attached hydrogen (secondary N) is 1. The van der Waals surface area contributed by atoms with Gasteiger partial charge >= 0.3 is 0 Å². The third-order valence-corrected chi connectivity index (χ3v) is 4.50. The van der Waals surface area contributed by atoms with E-state index < -0.39 is 0 Å². The van der Waals surface area contributed by atoms with Gasteiger partial charge in [-0.15, -0.1) is 0 Å². The van der Waals surface area contributed by atoms with Crippen LogP contribution in [0.1, 0.15) is 56.6 Å². The zero-order valence-corrected chi connectivity index (χ0v) is 12.6. The molecule has 0 bridgehead atoms. The maximum absolute atomic E-state index is 3.77. The second-order valence-corrected chi connectivity index (χ2v) is 6.17. The number of rotatable bonds is 7. The summed E-state index contributed by atoms with van der Waals surface area (Å²) in [5.74, 6) is 0.971. The first-order chi connectivity index (χ1) is 9.29. The molecule has 1 atom stereocenters. The van der Waals surface area contributed by atoms with Gasteiger partial charge in [0.1, 0.15) is 0 Å². The van der Waals surface area contributed by atoms with Crippen molar-refractivity contribution >= 4 is 0 Å². The van der Waals surface area contributed by atoms with E-state index in [4.69, 9.17) is 0 Å². The van der Waals surface area contributed by atoms with Crippen molar-refractivity contribution in [3.8, 4) is 0 Å². The Morgan fingerprint density at radius 1 is 1.21 bits per heavy atom. The molecule has 1 aliphatic rings. The third-order valence-electron chi connectivity index (χ3n) is 4.50. The second kappa shape index (κ2) is 7.69. The number of hydrogen-bond donors (Lipinski definition) is 1. The Labute approximate surface area is 118 Å². The molecule has 0 spiro atoms. The Balaban J connectivity index is 1.94. The van der Waals surface area contributed by atoms with Crippen LogP contribution in [-0.4, -0.2) is 12.6 Å². The van der Waals surface area contributed by atoms with Gasteiger partial charge < -0.3 is 5.32 Å². The molecule has 0 saturated heterocycles. The largest absolute Gasteiger partial charge is 0.314 e. The molecule has 1 aromatic carbocycles. The summed E-state index contributed by atoms with van der Waals surface area (Å²) in [6, 6.07) is 9.52. The van der Waals surface area contributed by atoms with E-state index >= 15 is 0 Å². The predicted octanol–water partition coefficient (Wildman–Crippen LogP) is 4.49. The van der Waals surface area contributed by atoms with Crippen molar-refractivity contribution in [3.05, 3.63) is 35.4 Å². The molecule has 1 heteroatoms. The first-order valence-electron chi connectivity index (χ1n) is 8.07. The quantitative estimate of drug-likeness (QED) is 0.761. The first-order valence-corrected chi connectivity index (χ1v) is 8.07. The number of benzene rings is 1. The fourth-order valence-electron chi connectivity index (χ4n) is 3.34. The van der Waals surface area contributed by atoms with E-state index in [1.165, 1.54) is 56.1 Å². The van der Waals surface area contributed by atoms with Crippen LogP contribution in [0.5, 0.6) is 0 Å². The van der Waals surface area contributed by atoms with Crippen LogP contribution in [0.2, 0.25) is 0 Å². The van der Waals surface area contributed by atoms with Gasteiger partial charge in [0.2, 0.25) is 0 Å². The molecule has 0 radical (unpaired) electrons. The average molecular weight is 259 g/mol. The summed E-state index contributed by atoms with van der Waals surface area (Å²) in [6.45, 7) is 5.65. The minimum absolute atomic E-state index is 0.671. The lowest BCUT2D eigenvalue weighted by Crippen LogP contribution is -2.33. The molecule has 0 aliphatic heterocycles. The molecule has 1 unspecified atom stereocenters. The molecule has 1 N–H and O–H groups in total. The molecule has 106 valence electrons. The highest BCUT2D eigenvalue weighted by Crippen LogP contribution is 2.29. The fourth-order valence-corrected chi connectivity index (χ4v) is 3.34. The maximum atomic E-state index is 3.77. The van der Waals surface area contributed by atoms with Gasteiger partial charge in [-0.3, -0.25) is 0 Å². The van der Waals surface area contributed by atoms with Gasteiger partial charge in [0, 0.05) is 6.04 Å². The summed E-state index contributed by atoms with van der Waals surface area (Å²) < 4.78 is 0. The Morgan fingerprint density at radius 3 is 2.63 bits per heavy atom. The Hall–Kier alpha value is -0.820. The third kappa shape index (κ3) is 4.65. The van der Waals surface area contributed by atoms with Gasteiger partial charge in [-0.05, 0) is 49.8 Å². The van der Waals surface area contributed by atoms with Crippen LogP contribution in [-0.2, 0) is 6.42 Å². The molecule has 0 amide bonds. The lowest BCUT2D eigenvalue weighted by Gasteiger charge is -2.23. The van der Waals surface area contributed by atoms with Crippen LogP contribution < -0.4 is 5.32 Å². The van der Waals surface area contributed by atoms with Gasteiger partial charge in [0.05, 0.1) is 0 Å². The SMILES string of the molecule is CCCNC(Cc1ccccc1C)CC1CCCC1. The van der Waals surface area contributed by atoms with Gasteiger partial charge in [-0.1, -0.05) is 56.9 Å². The molecule has 2 rings (SSSR count). The van der Waals surface area contributed by atoms with E-state index in [-0.39, 0.29) is 0 Å². The molecule has 1 saturated carbocycles. The Bertz CT molecular complexity index is 366. The minimum Gasteiger partial charge on any atom is -0.314 e. The van der Waals surface area contributed by atoms with Crippen molar-refractivity contribution in [3.63, 3.8) is 0 Å². The monoisotopic (exact) mass is 259 g/mol. The molecule has 1 aromatic rings. The maximum Gasteiger partial charge on any atom is 0.0110 e. The lowest BCUT2D eigenvalue weighted by atomic mass is 9.92. The van der Waals surface area contributed by atoms with Crippen LogP contribution in [0.25, 0.3) is 0 Å². The van der Waals surface area contributed by atoms with Crippen LogP contribution in [0, 0.1) is 12.8 Å². The lowest BCUT2D eigenvalue weighted by molar-refractivity contribution is 0.384. The predicted molar refractivity (Wildman–Crippen MR) is 83.5 cm³/mol. The zero-order chi connectivity index (χ0) is 13.5. The van der Waals surface area contributed by atoms with E-state index in [0.717, 1.165) is 12.5 Å². The van der Waals surface area contributed by atoms with E-state index in [2.05, 4.69) is 43.4 Å². The van der Waals surface area contributed by atoms with Gasteiger partial charge in [-0.2, -0.15) is 0 Å². The van der Waals surface area contributed by atoms with Crippen LogP contribution in [0.15, 0.2) is 24.3 Å². The van der Waals surface area contributed by atoms with E-state index in [0.29, 0.717) is 6.04 Å². The van der Waals surface area contributed by atoms with Crippen molar-refractivity contribution in [2.75, 3.05) is 6.54 Å². The highest BCUT2D eigenvalue weighted by atomic mass is 14.9. The fraction of sp³-hybridized carbons (Fsp3) is 0.667. The highest BCUT2D eigenvalue weighted by Gasteiger charge is 2.20. The summed E-state index contributed by atoms with van der Waals surface area (Å²) >= 11 is 0. The molecule has 19 heavy (non-hydrogen) atoms. The van der Waals surface area contributed by atoms with Crippen LogP contribution in [0.4, 0.5) is 0 Å². The van der Waals surface area contributed by atoms with Crippen molar-refractivity contribution in [2.24, 2.45) is 5.92 Å². The summed E-state index contributed by atoms with van der Waals surface area (Å²) in [5, 5.41) is 3.77. The van der Waals surface area contributed by atoms with Crippen molar-refractivity contribution in [1.29, 1.82) is 0 Å². The smallest absolute Gasteiger partial charge is 0.0110 e. The van der Waals surface area contributed by atoms with Crippen molar-refractivity contribution in [1.82, 2.24) is 5.32 Å². The summed E-state index contributed by atoms with van der Waals surface area (Å²) in [6.07, 6.45) is 9.62. The summed E-state index contributed by atoms with van der Waals surface area (Å²) in [4.78, 5) is 0. The molecular weight excluding hydrogens is 230 g/mol. The summed E-state index contributed by atoms with van der Waals surface area (Å²) in [5.41, 5.74) is 2.96. The minimum atomic E-state index is 0.671. The van der Waals surface area contributed by atoms with E-state index in [9.17, 15) is 0 Å². The topological polar surface area (TPSA) is 12.0 Å². The molecule has 0 heterocycles. The Morgan fingerprint density at radius 2 is 1.95 bits per heavy atom. The van der Waals surface area contributed by atoms with Crippen molar-refractivity contribution in [2.45, 2.75) is 64.8 Å². The normalized spacial score (nSPS) is 17.8. The van der Waals surface area contributed by atoms with Crippen LogP contribution >= 0.6 is 0 Å². The highest BCUT2D eigenvalue weighted by molar-refractivity contribution is 5.26. The van der Waals surface area contributed by atoms with E-state index in [1.807, 2.05) is 0 Å². The zero-order valence-electron chi connectivity index (χ0n) is 12.6. The second-order valence-electron chi connectivity index (χ2n) is 6.17. The van der Waals surface area contributed by atoms with E-state index in [1.54, 1.807) is 0 Å². The van der Waals surface area contributed by atoms with Crippen LogP contribution in [0.3, 0.4) is 0 Å². The molecular formula is C18H29N. The van der Waals surface area contributed by atoms with Gasteiger partial charge in [-0.25, -0.2) is 0 Å². The molecule has 0 aromatic heterocycles. The molecule has 1 nitrogen and oxygen atoms in total.